The SMILES string of the molecule is CC(C)OC(=O)SS. The van der Waals surface area contributed by atoms with Crippen molar-refractivity contribution in [3.05, 3.63) is 0 Å². The van der Waals surface area contributed by atoms with E-state index in [-0.39, 0.29) is 11.4 Å². The summed E-state index contributed by atoms with van der Waals surface area (Å²) in [4.78, 5) is 10.3. The van der Waals surface area contributed by atoms with Crippen molar-refractivity contribution in [1.29, 1.82) is 0 Å². The first kappa shape index (κ1) is 8.17. The van der Waals surface area contributed by atoms with Crippen LogP contribution in [-0.2, 0) is 4.74 Å². The maximum absolute atomic E-state index is 10.3. The molecule has 0 heterocycles. The second kappa shape index (κ2) is 4.09. The Bertz CT molecular complexity index is 82.1. The summed E-state index contributed by atoms with van der Waals surface area (Å²) in [7, 11) is 0.786. The summed E-state index contributed by atoms with van der Waals surface area (Å²) < 4.78 is 4.65. The largest absolute Gasteiger partial charge is 0.454 e. The number of ether oxygens (including phenoxy) is 1. The van der Waals surface area contributed by atoms with Gasteiger partial charge in [0, 0.05) is 10.8 Å². The van der Waals surface area contributed by atoms with Crippen molar-refractivity contribution >= 4 is 27.8 Å². The van der Waals surface area contributed by atoms with Crippen LogP contribution in [0.3, 0.4) is 0 Å². The maximum atomic E-state index is 10.3. The third kappa shape index (κ3) is 4.33. The normalized spacial score (nSPS) is 9.50. The number of thiol groups is 1. The Balaban J connectivity index is 3.25. The van der Waals surface area contributed by atoms with Crippen molar-refractivity contribution in [3.63, 3.8) is 0 Å². The van der Waals surface area contributed by atoms with Gasteiger partial charge in [-0.15, -0.1) is 0 Å². The number of hydrogen-bond donors (Lipinski definition) is 1. The highest BCUT2D eigenvalue weighted by atomic mass is 33.1. The van der Waals surface area contributed by atoms with E-state index in [1.165, 1.54) is 0 Å². The maximum Gasteiger partial charge on any atom is 0.378 e. The number of rotatable bonds is 1. The van der Waals surface area contributed by atoms with Gasteiger partial charge in [-0.05, 0) is 13.8 Å². The van der Waals surface area contributed by atoms with Gasteiger partial charge in [0.2, 0.25) is 0 Å². The molecule has 0 aliphatic heterocycles. The molecular formula is C4H8O2S2. The Hall–Kier alpha value is 0.170. The van der Waals surface area contributed by atoms with Crippen LogP contribution in [0.5, 0.6) is 0 Å². The van der Waals surface area contributed by atoms with Gasteiger partial charge in [0.15, 0.2) is 0 Å². The lowest BCUT2D eigenvalue weighted by Gasteiger charge is -2.02. The molecule has 0 spiro atoms. The quantitative estimate of drug-likeness (QED) is 0.354. The summed E-state index contributed by atoms with van der Waals surface area (Å²) >= 11 is 3.63. The average Bonchev–Trinajstić information content (AvgIpc) is 1.65. The highest BCUT2D eigenvalue weighted by Crippen LogP contribution is 2.10. The summed E-state index contributed by atoms with van der Waals surface area (Å²) in [5.74, 6) is 0. The van der Waals surface area contributed by atoms with E-state index in [0.29, 0.717) is 0 Å². The molecule has 0 radical (unpaired) electrons. The summed E-state index contributed by atoms with van der Waals surface area (Å²) in [5.41, 5.74) is 0. The van der Waals surface area contributed by atoms with Gasteiger partial charge in [-0.2, -0.15) is 0 Å². The van der Waals surface area contributed by atoms with Crippen molar-refractivity contribution in [2.75, 3.05) is 0 Å². The monoisotopic (exact) mass is 152 g/mol. The van der Waals surface area contributed by atoms with Crippen LogP contribution in [0.2, 0.25) is 0 Å². The molecule has 0 aromatic carbocycles. The number of carbonyl (C=O) groups excluding carboxylic acids is 1. The lowest BCUT2D eigenvalue weighted by molar-refractivity contribution is 0.143. The van der Waals surface area contributed by atoms with Crippen molar-refractivity contribution in [3.8, 4) is 0 Å². The van der Waals surface area contributed by atoms with Crippen molar-refractivity contribution < 1.29 is 9.53 Å². The zero-order chi connectivity index (χ0) is 6.57. The minimum Gasteiger partial charge on any atom is -0.454 e. The first-order valence-electron chi connectivity index (χ1n) is 2.19. The Morgan fingerprint density at radius 1 is 1.75 bits per heavy atom. The van der Waals surface area contributed by atoms with E-state index in [1.54, 1.807) is 13.8 Å². The predicted molar refractivity (Wildman–Crippen MR) is 38.2 cm³/mol. The predicted octanol–water partition coefficient (Wildman–Crippen LogP) is 2.11. The summed E-state index contributed by atoms with van der Waals surface area (Å²) in [6, 6.07) is 0. The molecule has 48 valence electrons. The molecule has 0 amide bonds. The van der Waals surface area contributed by atoms with Crippen LogP contribution in [-0.4, -0.2) is 11.4 Å². The molecule has 0 saturated heterocycles. The Morgan fingerprint density at radius 3 is 2.38 bits per heavy atom. The molecule has 8 heavy (non-hydrogen) atoms. The van der Waals surface area contributed by atoms with E-state index in [2.05, 4.69) is 16.4 Å². The minimum atomic E-state index is -0.344. The fourth-order valence-electron chi connectivity index (χ4n) is 0.214. The topological polar surface area (TPSA) is 26.3 Å². The van der Waals surface area contributed by atoms with Gasteiger partial charge >= 0.3 is 5.30 Å². The first-order chi connectivity index (χ1) is 3.66. The van der Waals surface area contributed by atoms with Crippen molar-refractivity contribution in [1.82, 2.24) is 0 Å². The molecule has 2 nitrogen and oxygen atoms in total. The van der Waals surface area contributed by atoms with E-state index in [4.69, 9.17) is 0 Å². The summed E-state index contributed by atoms with van der Waals surface area (Å²) in [6.45, 7) is 3.59. The van der Waals surface area contributed by atoms with Gasteiger partial charge in [0.05, 0.1) is 6.10 Å². The molecule has 0 saturated carbocycles. The van der Waals surface area contributed by atoms with Crippen LogP contribution in [0.15, 0.2) is 0 Å². The van der Waals surface area contributed by atoms with Crippen LogP contribution in [0.4, 0.5) is 4.79 Å². The molecule has 0 aromatic rings. The molecular weight excluding hydrogens is 144 g/mol. The highest BCUT2D eigenvalue weighted by molar-refractivity contribution is 8.74. The van der Waals surface area contributed by atoms with E-state index < -0.39 is 0 Å². The van der Waals surface area contributed by atoms with Gasteiger partial charge in [0.25, 0.3) is 0 Å². The highest BCUT2D eigenvalue weighted by Gasteiger charge is 2.00. The fraction of sp³-hybridized carbons (Fsp3) is 0.750. The molecule has 0 aliphatic rings. The van der Waals surface area contributed by atoms with Gasteiger partial charge < -0.3 is 4.74 Å². The number of carbonyl (C=O) groups is 1. The average molecular weight is 152 g/mol. The standard InChI is InChI=1S/C4H8O2S2/c1-3(2)6-4(5)8-7/h3,7H,1-2H3. The molecule has 0 bridgehead atoms. The number of hydrogen-bond acceptors (Lipinski definition) is 4. The Kier molecular flexibility index (Phi) is 4.18. The molecule has 0 N–H and O–H groups in total. The summed E-state index contributed by atoms with van der Waals surface area (Å²) in [5, 5.41) is -0.344. The smallest absolute Gasteiger partial charge is 0.378 e. The van der Waals surface area contributed by atoms with E-state index in [1.807, 2.05) is 0 Å². The van der Waals surface area contributed by atoms with Crippen LogP contribution >= 0.6 is 22.5 Å². The summed E-state index contributed by atoms with van der Waals surface area (Å²) in [6.07, 6.45) is -0.0397. The van der Waals surface area contributed by atoms with Crippen LogP contribution in [0, 0.1) is 0 Å². The molecule has 0 aromatic heterocycles. The van der Waals surface area contributed by atoms with Gasteiger partial charge in [-0.25, -0.2) is 4.79 Å². The fourth-order valence-corrected chi connectivity index (χ4v) is 0.579. The molecule has 0 aliphatic carbocycles. The Morgan fingerprint density at radius 2 is 2.25 bits per heavy atom. The molecule has 0 atom stereocenters. The molecule has 4 heteroatoms. The van der Waals surface area contributed by atoms with Crippen LogP contribution in [0.25, 0.3) is 0 Å². The van der Waals surface area contributed by atoms with Crippen LogP contribution < -0.4 is 0 Å². The lowest BCUT2D eigenvalue weighted by Crippen LogP contribution is -2.04. The third-order valence-corrected chi connectivity index (χ3v) is 1.10. The minimum absolute atomic E-state index is 0.0397. The zero-order valence-corrected chi connectivity index (χ0v) is 6.46. The van der Waals surface area contributed by atoms with Crippen molar-refractivity contribution in [2.24, 2.45) is 0 Å². The van der Waals surface area contributed by atoms with E-state index >= 15 is 0 Å². The Labute approximate surface area is 57.8 Å². The molecule has 0 unspecified atom stereocenters. The van der Waals surface area contributed by atoms with Gasteiger partial charge in [-0.1, -0.05) is 11.7 Å². The second-order valence-electron chi connectivity index (χ2n) is 1.51. The van der Waals surface area contributed by atoms with Crippen molar-refractivity contribution in [2.45, 2.75) is 20.0 Å². The van der Waals surface area contributed by atoms with E-state index in [9.17, 15) is 4.79 Å². The zero-order valence-electron chi connectivity index (χ0n) is 4.75. The molecule has 0 fully saturated rings. The van der Waals surface area contributed by atoms with Crippen LogP contribution in [0.1, 0.15) is 13.8 Å². The van der Waals surface area contributed by atoms with Gasteiger partial charge in [-0.3, -0.25) is 0 Å². The molecule has 0 rings (SSSR count). The third-order valence-electron chi connectivity index (χ3n) is 0.406. The lowest BCUT2D eigenvalue weighted by atomic mass is 10.5. The second-order valence-corrected chi connectivity index (χ2v) is 2.57. The van der Waals surface area contributed by atoms with E-state index in [0.717, 1.165) is 10.8 Å². The first-order valence-corrected chi connectivity index (χ1v) is 4.05. The van der Waals surface area contributed by atoms with Gasteiger partial charge in [0.1, 0.15) is 0 Å².